The summed E-state index contributed by atoms with van der Waals surface area (Å²) in [6.07, 6.45) is 5.41. The number of para-hydroxylation sites is 1. The van der Waals surface area contributed by atoms with E-state index in [4.69, 9.17) is 6.42 Å². The number of benzene rings is 2. The average molecular weight is 384 g/mol. The number of amides is 1. The predicted octanol–water partition coefficient (Wildman–Crippen LogP) is 2.38. The molecular formula is C19H16N2O3S2. The zero-order valence-corrected chi connectivity index (χ0v) is 15.5. The average Bonchev–Trinajstić information content (AvgIpc) is 2.92. The molecule has 0 unspecified atom stereocenters. The number of thiazole rings is 1. The van der Waals surface area contributed by atoms with Gasteiger partial charge in [0.25, 0.3) is 5.91 Å². The summed E-state index contributed by atoms with van der Waals surface area (Å²) in [4.78, 5) is 16.7. The number of hydrogen-bond acceptors (Lipinski definition) is 4. The van der Waals surface area contributed by atoms with Crippen molar-refractivity contribution in [3.8, 4) is 12.3 Å². The van der Waals surface area contributed by atoms with Gasteiger partial charge in [-0.2, -0.15) is 4.99 Å². The number of carbonyl (C=O) groups is 1. The minimum absolute atomic E-state index is 0.189. The van der Waals surface area contributed by atoms with Gasteiger partial charge in [-0.1, -0.05) is 59.7 Å². The SMILES string of the molecule is C#CCn1c(=NC(=O)CS(=O)(=O)Cc2ccccc2)sc2ccccc21. The van der Waals surface area contributed by atoms with Crippen LogP contribution in [0.3, 0.4) is 0 Å². The van der Waals surface area contributed by atoms with E-state index in [2.05, 4.69) is 10.9 Å². The van der Waals surface area contributed by atoms with Gasteiger partial charge in [-0.25, -0.2) is 8.42 Å². The summed E-state index contributed by atoms with van der Waals surface area (Å²) in [6, 6.07) is 16.3. The highest BCUT2D eigenvalue weighted by Gasteiger charge is 2.17. The van der Waals surface area contributed by atoms with E-state index in [9.17, 15) is 13.2 Å². The maximum atomic E-state index is 12.3. The van der Waals surface area contributed by atoms with Gasteiger partial charge < -0.3 is 4.57 Å². The fourth-order valence-corrected chi connectivity index (χ4v) is 4.85. The first-order valence-electron chi connectivity index (χ1n) is 7.82. The summed E-state index contributed by atoms with van der Waals surface area (Å²) in [5, 5.41) is 0. The highest BCUT2D eigenvalue weighted by atomic mass is 32.2. The zero-order valence-electron chi connectivity index (χ0n) is 13.8. The van der Waals surface area contributed by atoms with Crippen molar-refractivity contribution in [2.75, 3.05) is 5.75 Å². The Balaban J connectivity index is 1.88. The van der Waals surface area contributed by atoms with Crippen LogP contribution in [0, 0.1) is 12.3 Å². The van der Waals surface area contributed by atoms with E-state index in [1.165, 1.54) is 11.3 Å². The number of hydrogen-bond donors (Lipinski definition) is 0. The zero-order chi connectivity index (χ0) is 18.6. The quantitative estimate of drug-likeness (QED) is 0.634. The third-order valence-corrected chi connectivity index (χ3v) is 6.15. The lowest BCUT2D eigenvalue weighted by Gasteiger charge is -2.02. The lowest BCUT2D eigenvalue weighted by molar-refractivity contribution is -0.115. The Morgan fingerprint density at radius 2 is 1.81 bits per heavy atom. The molecule has 0 aliphatic heterocycles. The van der Waals surface area contributed by atoms with Crippen molar-refractivity contribution in [3.05, 3.63) is 65.0 Å². The van der Waals surface area contributed by atoms with Gasteiger partial charge in [-0.05, 0) is 17.7 Å². The Morgan fingerprint density at radius 1 is 1.12 bits per heavy atom. The van der Waals surface area contributed by atoms with Gasteiger partial charge in [-0.3, -0.25) is 4.79 Å². The molecule has 132 valence electrons. The highest BCUT2D eigenvalue weighted by Crippen LogP contribution is 2.16. The van der Waals surface area contributed by atoms with Crippen molar-refractivity contribution in [1.29, 1.82) is 0 Å². The molecular weight excluding hydrogens is 368 g/mol. The molecule has 26 heavy (non-hydrogen) atoms. The molecule has 0 radical (unpaired) electrons. The fourth-order valence-electron chi connectivity index (χ4n) is 2.56. The van der Waals surface area contributed by atoms with Gasteiger partial charge in [0.05, 0.1) is 22.5 Å². The van der Waals surface area contributed by atoms with Crippen LogP contribution in [0.2, 0.25) is 0 Å². The minimum Gasteiger partial charge on any atom is -0.305 e. The van der Waals surface area contributed by atoms with Gasteiger partial charge in [-0.15, -0.1) is 6.42 Å². The summed E-state index contributed by atoms with van der Waals surface area (Å²) >= 11 is 1.31. The second kappa shape index (κ2) is 7.68. The van der Waals surface area contributed by atoms with Crippen molar-refractivity contribution in [1.82, 2.24) is 4.57 Å². The third kappa shape index (κ3) is 4.28. The van der Waals surface area contributed by atoms with Gasteiger partial charge in [0.1, 0.15) is 5.75 Å². The number of nitrogens with zero attached hydrogens (tertiary/aromatic N) is 2. The van der Waals surface area contributed by atoms with Gasteiger partial charge in [0, 0.05) is 0 Å². The lowest BCUT2D eigenvalue weighted by Crippen LogP contribution is -2.21. The molecule has 3 aromatic rings. The fraction of sp³-hybridized carbons (Fsp3) is 0.158. The lowest BCUT2D eigenvalue weighted by atomic mass is 10.2. The van der Waals surface area contributed by atoms with Crippen LogP contribution in [0.15, 0.2) is 59.6 Å². The molecule has 1 heterocycles. The summed E-state index contributed by atoms with van der Waals surface area (Å²) in [7, 11) is -3.60. The van der Waals surface area contributed by atoms with Crippen LogP contribution in [0.4, 0.5) is 0 Å². The Hall–Kier alpha value is -2.69. The summed E-state index contributed by atoms with van der Waals surface area (Å²) < 4.78 is 27.2. The predicted molar refractivity (Wildman–Crippen MR) is 103 cm³/mol. The number of fused-ring (bicyclic) bond motifs is 1. The van der Waals surface area contributed by atoms with Crippen LogP contribution in [0.25, 0.3) is 10.2 Å². The summed E-state index contributed by atoms with van der Waals surface area (Å²) in [5.41, 5.74) is 1.51. The third-order valence-electron chi connectivity index (χ3n) is 3.63. The van der Waals surface area contributed by atoms with Crippen LogP contribution >= 0.6 is 11.3 Å². The highest BCUT2D eigenvalue weighted by molar-refractivity contribution is 7.91. The topological polar surface area (TPSA) is 68.5 Å². The molecule has 3 rings (SSSR count). The van der Waals surface area contributed by atoms with E-state index in [1.54, 1.807) is 28.8 Å². The molecule has 1 amide bonds. The Bertz CT molecular complexity index is 1150. The van der Waals surface area contributed by atoms with Crippen LogP contribution in [-0.4, -0.2) is 24.6 Å². The van der Waals surface area contributed by atoms with E-state index in [0.717, 1.165) is 10.2 Å². The minimum atomic E-state index is -3.60. The first-order valence-corrected chi connectivity index (χ1v) is 10.5. The molecule has 2 aromatic carbocycles. The molecule has 0 N–H and O–H groups in total. The molecule has 0 fully saturated rings. The maximum absolute atomic E-state index is 12.3. The monoisotopic (exact) mass is 384 g/mol. The van der Waals surface area contributed by atoms with Gasteiger partial charge >= 0.3 is 0 Å². The van der Waals surface area contributed by atoms with Crippen molar-refractivity contribution in [3.63, 3.8) is 0 Å². The molecule has 0 atom stereocenters. The van der Waals surface area contributed by atoms with Crippen LogP contribution in [-0.2, 0) is 26.9 Å². The first-order chi connectivity index (χ1) is 12.5. The van der Waals surface area contributed by atoms with E-state index in [-0.39, 0.29) is 12.3 Å². The Labute approximate surface area is 155 Å². The van der Waals surface area contributed by atoms with Crippen molar-refractivity contribution in [2.24, 2.45) is 4.99 Å². The molecule has 0 bridgehead atoms. The first kappa shape index (κ1) is 18.1. The van der Waals surface area contributed by atoms with Gasteiger partial charge in [0.2, 0.25) is 0 Å². The normalized spacial score (nSPS) is 12.2. The molecule has 0 spiro atoms. The van der Waals surface area contributed by atoms with Crippen molar-refractivity contribution in [2.45, 2.75) is 12.3 Å². The van der Waals surface area contributed by atoms with Crippen molar-refractivity contribution >= 4 is 37.3 Å². The van der Waals surface area contributed by atoms with Crippen molar-refractivity contribution < 1.29 is 13.2 Å². The largest absolute Gasteiger partial charge is 0.305 e. The second-order valence-corrected chi connectivity index (χ2v) is 8.74. The van der Waals surface area contributed by atoms with E-state index >= 15 is 0 Å². The molecule has 0 saturated heterocycles. The molecule has 0 aliphatic rings. The Morgan fingerprint density at radius 3 is 2.54 bits per heavy atom. The molecule has 5 nitrogen and oxygen atoms in total. The molecule has 0 aliphatic carbocycles. The molecule has 7 heteroatoms. The van der Waals surface area contributed by atoms with E-state index in [1.807, 2.05) is 30.3 Å². The van der Waals surface area contributed by atoms with Gasteiger partial charge in [0.15, 0.2) is 14.6 Å². The second-order valence-electron chi connectivity index (χ2n) is 5.67. The van der Waals surface area contributed by atoms with Crippen LogP contribution in [0.5, 0.6) is 0 Å². The maximum Gasteiger partial charge on any atom is 0.263 e. The molecule has 0 saturated carbocycles. The Kier molecular flexibility index (Phi) is 5.35. The summed E-state index contributed by atoms with van der Waals surface area (Å²) in [6.45, 7) is 0.257. The van der Waals surface area contributed by atoms with Crippen LogP contribution < -0.4 is 4.80 Å². The smallest absolute Gasteiger partial charge is 0.263 e. The number of carbonyl (C=O) groups excluding carboxylic acids is 1. The number of terminal acetylenes is 1. The number of rotatable bonds is 5. The number of sulfone groups is 1. The standard InChI is InChI=1S/C19H16N2O3S2/c1-2-12-21-16-10-6-7-11-17(16)25-19(21)20-18(22)14-26(23,24)13-15-8-4-3-5-9-15/h1,3-11H,12-14H2. The van der Waals surface area contributed by atoms with E-state index in [0.29, 0.717) is 10.4 Å². The summed E-state index contributed by atoms with van der Waals surface area (Å²) in [5.74, 6) is 1.02. The van der Waals surface area contributed by atoms with Crippen LogP contribution in [0.1, 0.15) is 5.56 Å². The van der Waals surface area contributed by atoms with E-state index < -0.39 is 21.5 Å². The molecule has 1 aromatic heterocycles. The number of aromatic nitrogens is 1.